The predicted molar refractivity (Wildman–Crippen MR) is 80.2 cm³/mol. The van der Waals surface area contributed by atoms with E-state index < -0.39 is 0 Å². The molecule has 0 fully saturated rings. The van der Waals surface area contributed by atoms with Crippen molar-refractivity contribution in [1.82, 2.24) is 10.2 Å². The minimum atomic E-state index is 0.00819. The summed E-state index contributed by atoms with van der Waals surface area (Å²) in [7, 11) is 0. The van der Waals surface area contributed by atoms with Crippen LogP contribution in [0.15, 0.2) is 24.3 Å². The number of nitrogens with one attached hydrogen (secondary N) is 2. The Balaban J connectivity index is 2.69. The van der Waals surface area contributed by atoms with Crippen molar-refractivity contribution in [3.8, 4) is 0 Å². The number of likely N-dealkylation sites (N-methyl/N-ethyl adjacent to an activating group) is 1. The molecule has 1 rings (SSSR count). The molecular weight excluding hydrogens is 238 g/mol. The van der Waals surface area contributed by atoms with E-state index in [-0.39, 0.29) is 5.91 Å². The number of nitrogens with zero attached hydrogens (tertiary/aromatic N) is 1. The molecule has 1 aromatic carbocycles. The molecule has 19 heavy (non-hydrogen) atoms. The third-order valence-electron chi connectivity index (χ3n) is 3.12. The van der Waals surface area contributed by atoms with E-state index in [0.29, 0.717) is 6.54 Å². The molecule has 106 valence electrons. The van der Waals surface area contributed by atoms with Gasteiger partial charge >= 0.3 is 0 Å². The van der Waals surface area contributed by atoms with Crippen LogP contribution in [0.5, 0.6) is 0 Å². The van der Waals surface area contributed by atoms with Crippen LogP contribution in [0.1, 0.15) is 26.3 Å². The first-order valence-electron chi connectivity index (χ1n) is 7.02. The molecule has 0 aliphatic carbocycles. The van der Waals surface area contributed by atoms with E-state index in [9.17, 15) is 4.79 Å². The zero-order valence-electron chi connectivity index (χ0n) is 12.2. The van der Waals surface area contributed by atoms with Gasteiger partial charge in [0.05, 0.1) is 6.54 Å². The average Bonchev–Trinajstić information content (AvgIpc) is 2.44. The second-order valence-corrected chi connectivity index (χ2v) is 4.45. The van der Waals surface area contributed by atoms with Crippen LogP contribution in [0.2, 0.25) is 0 Å². The Hall–Kier alpha value is -1.39. The number of hydrogen-bond donors (Lipinski definition) is 2. The van der Waals surface area contributed by atoms with Gasteiger partial charge in [0.2, 0.25) is 5.91 Å². The van der Waals surface area contributed by atoms with Gasteiger partial charge in [-0.15, -0.1) is 0 Å². The summed E-state index contributed by atoms with van der Waals surface area (Å²) in [6.45, 7) is 10.3. The highest BCUT2D eigenvalue weighted by molar-refractivity contribution is 5.92. The zero-order valence-corrected chi connectivity index (χ0v) is 12.2. The molecule has 0 aromatic heterocycles. The van der Waals surface area contributed by atoms with Crippen LogP contribution >= 0.6 is 0 Å². The highest BCUT2D eigenvalue weighted by atomic mass is 16.1. The van der Waals surface area contributed by atoms with Crippen molar-refractivity contribution in [1.29, 1.82) is 0 Å². The lowest BCUT2D eigenvalue weighted by molar-refractivity contribution is -0.115. The fourth-order valence-corrected chi connectivity index (χ4v) is 1.90. The summed E-state index contributed by atoms with van der Waals surface area (Å²) in [5.41, 5.74) is 2.08. The highest BCUT2D eigenvalue weighted by Crippen LogP contribution is 2.17. The molecular formula is C15H25N3O. The number of carbonyl (C=O) groups excluding carboxylic acids is 1. The Kier molecular flexibility index (Phi) is 7.15. The van der Waals surface area contributed by atoms with Gasteiger partial charge in [0.1, 0.15) is 0 Å². The molecule has 0 saturated heterocycles. The lowest BCUT2D eigenvalue weighted by atomic mass is 10.1. The van der Waals surface area contributed by atoms with Gasteiger partial charge < -0.3 is 10.6 Å². The van der Waals surface area contributed by atoms with Crippen molar-refractivity contribution >= 4 is 11.6 Å². The molecule has 1 amide bonds. The van der Waals surface area contributed by atoms with E-state index in [0.717, 1.165) is 37.4 Å². The van der Waals surface area contributed by atoms with Gasteiger partial charge in [-0.2, -0.15) is 0 Å². The van der Waals surface area contributed by atoms with E-state index >= 15 is 0 Å². The molecule has 4 nitrogen and oxygen atoms in total. The molecule has 0 atom stereocenters. The summed E-state index contributed by atoms with van der Waals surface area (Å²) in [4.78, 5) is 14.1. The molecule has 2 N–H and O–H groups in total. The molecule has 0 spiro atoms. The van der Waals surface area contributed by atoms with E-state index in [1.54, 1.807) is 0 Å². The van der Waals surface area contributed by atoms with E-state index in [1.165, 1.54) is 0 Å². The van der Waals surface area contributed by atoms with Crippen LogP contribution in [0.4, 0.5) is 5.69 Å². The maximum atomic E-state index is 11.8. The number of para-hydroxylation sites is 1. The van der Waals surface area contributed by atoms with Crippen molar-refractivity contribution < 1.29 is 4.79 Å². The van der Waals surface area contributed by atoms with Gasteiger partial charge in [0.25, 0.3) is 0 Å². The van der Waals surface area contributed by atoms with E-state index in [1.807, 2.05) is 25.1 Å². The highest BCUT2D eigenvalue weighted by Gasteiger charge is 2.08. The Labute approximate surface area is 116 Å². The SMILES string of the molecule is CCNCC(=O)Nc1ccccc1CN(CC)CC. The average molecular weight is 263 g/mol. The van der Waals surface area contributed by atoms with E-state index in [2.05, 4.69) is 35.4 Å². The van der Waals surface area contributed by atoms with Crippen LogP contribution in [0.25, 0.3) is 0 Å². The Morgan fingerprint density at radius 1 is 1.16 bits per heavy atom. The standard InChI is InChI=1S/C15H25N3O/c1-4-16-11-15(19)17-14-10-8-7-9-13(14)12-18(5-2)6-3/h7-10,16H,4-6,11-12H2,1-3H3,(H,17,19). The minimum absolute atomic E-state index is 0.00819. The summed E-state index contributed by atoms with van der Waals surface area (Å²) in [5.74, 6) is 0.00819. The smallest absolute Gasteiger partial charge is 0.238 e. The molecule has 0 aliphatic heterocycles. The summed E-state index contributed by atoms with van der Waals surface area (Å²) in [6.07, 6.45) is 0. The van der Waals surface area contributed by atoms with Crippen molar-refractivity contribution in [3.63, 3.8) is 0 Å². The van der Waals surface area contributed by atoms with Crippen molar-refractivity contribution in [2.45, 2.75) is 27.3 Å². The largest absolute Gasteiger partial charge is 0.325 e. The molecule has 0 saturated carbocycles. The quantitative estimate of drug-likeness (QED) is 0.755. The number of amides is 1. The van der Waals surface area contributed by atoms with Crippen LogP contribution in [0, 0.1) is 0 Å². The Morgan fingerprint density at radius 2 is 1.84 bits per heavy atom. The normalized spacial score (nSPS) is 10.7. The first-order chi connectivity index (χ1) is 9.21. The van der Waals surface area contributed by atoms with Gasteiger partial charge in [-0.05, 0) is 31.3 Å². The first-order valence-corrected chi connectivity index (χ1v) is 7.02. The molecule has 0 radical (unpaired) electrons. The molecule has 1 aromatic rings. The van der Waals surface area contributed by atoms with Crippen LogP contribution in [-0.2, 0) is 11.3 Å². The lowest BCUT2D eigenvalue weighted by Gasteiger charge is -2.20. The first kappa shape index (κ1) is 15.7. The van der Waals surface area contributed by atoms with Crippen LogP contribution in [-0.4, -0.2) is 37.0 Å². The van der Waals surface area contributed by atoms with Gasteiger partial charge in [-0.1, -0.05) is 39.0 Å². The second kappa shape index (κ2) is 8.67. The summed E-state index contributed by atoms with van der Waals surface area (Å²) < 4.78 is 0. The summed E-state index contributed by atoms with van der Waals surface area (Å²) >= 11 is 0. The third kappa shape index (κ3) is 5.41. The maximum Gasteiger partial charge on any atom is 0.238 e. The predicted octanol–water partition coefficient (Wildman–Crippen LogP) is 2.08. The maximum absolute atomic E-state index is 11.8. The fourth-order valence-electron chi connectivity index (χ4n) is 1.90. The zero-order chi connectivity index (χ0) is 14.1. The molecule has 0 heterocycles. The Morgan fingerprint density at radius 3 is 2.47 bits per heavy atom. The second-order valence-electron chi connectivity index (χ2n) is 4.45. The number of rotatable bonds is 8. The lowest BCUT2D eigenvalue weighted by Crippen LogP contribution is -2.29. The molecule has 0 unspecified atom stereocenters. The van der Waals surface area contributed by atoms with Crippen molar-refractivity contribution in [2.75, 3.05) is 31.5 Å². The van der Waals surface area contributed by atoms with Gasteiger partial charge in [-0.3, -0.25) is 9.69 Å². The van der Waals surface area contributed by atoms with E-state index in [4.69, 9.17) is 0 Å². The van der Waals surface area contributed by atoms with Crippen LogP contribution < -0.4 is 10.6 Å². The van der Waals surface area contributed by atoms with Crippen LogP contribution in [0.3, 0.4) is 0 Å². The number of anilines is 1. The van der Waals surface area contributed by atoms with Gasteiger partial charge in [0, 0.05) is 12.2 Å². The fraction of sp³-hybridized carbons (Fsp3) is 0.533. The minimum Gasteiger partial charge on any atom is -0.325 e. The summed E-state index contributed by atoms with van der Waals surface area (Å²) in [5, 5.41) is 6.00. The number of hydrogen-bond acceptors (Lipinski definition) is 3. The van der Waals surface area contributed by atoms with Gasteiger partial charge in [-0.25, -0.2) is 0 Å². The van der Waals surface area contributed by atoms with Crippen molar-refractivity contribution in [2.24, 2.45) is 0 Å². The Bertz CT molecular complexity index is 389. The summed E-state index contributed by atoms with van der Waals surface area (Å²) in [6, 6.07) is 8.00. The topological polar surface area (TPSA) is 44.4 Å². The number of carbonyl (C=O) groups is 1. The molecule has 0 aliphatic rings. The monoisotopic (exact) mass is 263 g/mol. The van der Waals surface area contributed by atoms with Gasteiger partial charge in [0.15, 0.2) is 0 Å². The molecule has 4 heteroatoms. The molecule has 0 bridgehead atoms. The van der Waals surface area contributed by atoms with Crippen molar-refractivity contribution in [3.05, 3.63) is 29.8 Å². The number of benzene rings is 1. The third-order valence-corrected chi connectivity index (χ3v) is 3.12.